The molecule has 0 spiro atoms. The molecule has 2 aromatic rings. The van der Waals surface area contributed by atoms with Crippen molar-refractivity contribution in [1.82, 2.24) is 0 Å². The maximum absolute atomic E-state index is 10.6. The van der Waals surface area contributed by atoms with Crippen LogP contribution in [0.15, 0.2) is 48.5 Å². The maximum atomic E-state index is 10.6. The first-order valence-corrected chi connectivity index (χ1v) is 7.16. The lowest BCUT2D eigenvalue weighted by Gasteiger charge is -2.29. The van der Waals surface area contributed by atoms with E-state index in [1.165, 1.54) is 24.8 Å². The monoisotopic (exact) mass is 272 g/mol. The number of aliphatic hydroxyl groups excluding tert-OH is 1. The first kappa shape index (κ1) is 12.7. The van der Waals surface area contributed by atoms with Crippen molar-refractivity contribution in [2.75, 3.05) is 0 Å². The van der Waals surface area contributed by atoms with Gasteiger partial charge in [0.15, 0.2) is 0 Å². The number of benzene rings is 2. The Balaban J connectivity index is 1.94. The summed E-state index contributed by atoms with van der Waals surface area (Å²) in [6.45, 7) is 0. The third-order valence-corrected chi connectivity index (χ3v) is 4.27. The van der Waals surface area contributed by atoms with Crippen LogP contribution in [0.1, 0.15) is 48.0 Å². The van der Waals surface area contributed by atoms with E-state index in [1.807, 2.05) is 36.4 Å². The Bertz CT molecular complexity index is 558. The Labute approximate surface area is 118 Å². The molecule has 0 aromatic heterocycles. The molecule has 1 nitrogen and oxygen atoms in total. The van der Waals surface area contributed by atoms with Crippen LogP contribution in [0, 0.1) is 0 Å². The summed E-state index contributed by atoms with van der Waals surface area (Å²) in [5.41, 5.74) is 3.24. The highest BCUT2D eigenvalue weighted by Gasteiger charge is 2.24. The highest BCUT2D eigenvalue weighted by molar-refractivity contribution is 6.30. The molecule has 1 atom stereocenters. The lowest BCUT2D eigenvalue weighted by atomic mass is 9.77. The van der Waals surface area contributed by atoms with E-state index in [-0.39, 0.29) is 0 Å². The Morgan fingerprint density at radius 2 is 1.68 bits per heavy atom. The first-order valence-electron chi connectivity index (χ1n) is 6.78. The minimum Gasteiger partial charge on any atom is -0.384 e. The zero-order valence-electron chi connectivity index (χ0n) is 10.7. The fraction of sp³-hybridized carbons (Fsp3) is 0.294. The van der Waals surface area contributed by atoms with Gasteiger partial charge in [0.25, 0.3) is 0 Å². The molecule has 3 rings (SSSR count). The summed E-state index contributed by atoms with van der Waals surface area (Å²) < 4.78 is 0. The fourth-order valence-electron chi connectivity index (χ4n) is 2.68. The third-order valence-electron chi connectivity index (χ3n) is 4.02. The summed E-state index contributed by atoms with van der Waals surface area (Å²) in [5, 5.41) is 11.3. The molecule has 1 unspecified atom stereocenters. The van der Waals surface area contributed by atoms with E-state index in [1.54, 1.807) is 0 Å². The van der Waals surface area contributed by atoms with Crippen LogP contribution in [0.4, 0.5) is 0 Å². The summed E-state index contributed by atoms with van der Waals surface area (Å²) in [7, 11) is 0. The second-order valence-electron chi connectivity index (χ2n) is 5.21. The van der Waals surface area contributed by atoms with Gasteiger partial charge in [-0.1, -0.05) is 54.4 Å². The molecule has 1 aliphatic rings. The highest BCUT2D eigenvalue weighted by atomic mass is 35.5. The van der Waals surface area contributed by atoms with Crippen LogP contribution in [-0.4, -0.2) is 5.11 Å². The van der Waals surface area contributed by atoms with E-state index < -0.39 is 6.10 Å². The number of hydrogen-bond donors (Lipinski definition) is 1. The van der Waals surface area contributed by atoms with E-state index in [0.717, 1.165) is 11.1 Å². The van der Waals surface area contributed by atoms with Gasteiger partial charge in [-0.3, -0.25) is 0 Å². The van der Waals surface area contributed by atoms with Crippen molar-refractivity contribution >= 4 is 11.6 Å². The van der Waals surface area contributed by atoms with Gasteiger partial charge in [-0.15, -0.1) is 0 Å². The molecule has 0 radical (unpaired) electrons. The second-order valence-corrected chi connectivity index (χ2v) is 5.65. The molecule has 19 heavy (non-hydrogen) atoms. The molecular weight excluding hydrogens is 256 g/mol. The highest BCUT2D eigenvalue weighted by Crippen LogP contribution is 2.40. The normalized spacial score (nSPS) is 16.9. The van der Waals surface area contributed by atoms with Crippen molar-refractivity contribution in [3.8, 4) is 0 Å². The second kappa shape index (κ2) is 5.36. The predicted molar refractivity (Wildman–Crippen MR) is 78.5 cm³/mol. The van der Waals surface area contributed by atoms with Crippen LogP contribution in [-0.2, 0) is 0 Å². The minimum absolute atomic E-state index is 0.561. The van der Waals surface area contributed by atoms with Crippen molar-refractivity contribution in [3.63, 3.8) is 0 Å². The van der Waals surface area contributed by atoms with Gasteiger partial charge in [-0.05, 0) is 47.6 Å². The number of hydrogen-bond acceptors (Lipinski definition) is 1. The fourth-order valence-corrected chi connectivity index (χ4v) is 2.80. The van der Waals surface area contributed by atoms with Gasteiger partial charge in [0.2, 0.25) is 0 Å². The van der Waals surface area contributed by atoms with E-state index in [0.29, 0.717) is 10.9 Å². The summed E-state index contributed by atoms with van der Waals surface area (Å²) >= 11 is 5.89. The molecule has 0 bridgehead atoms. The Morgan fingerprint density at radius 3 is 2.32 bits per heavy atom. The van der Waals surface area contributed by atoms with Crippen molar-refractivity contribution in [2.24, 2.45) is 0 Å². The summed E-state index contributed by atoms with van der Waals surface area (Å²) in [5.74, 6) is 0.623. The van der Waals surface area contributed by atoms with Gasteiger partial charge in [0.1, 0.15) is 6.10 Å². The van der Waals surface area contributed by atoms with Crippen molar-refractivity contribution in [2.45, 2.75) is 31.3 Å². The lowest BCUT2D eigenvalue weighted by Crippen LogP contribution is -2.13. The van der Waals surface area contributed by atoms with Gasteiger partial charge in [0, 0.05) is 5.02 Å². The Kier molecular flexibility index (Phi) is 3.58. The van der Waals surface area contributed by atoms with Crippen molar-refractivity contribution < 1.29 is 5.11 Å². The van der Waals surface area contributed by atoms with Crippen molar-refractivity contribution in [3.05, 3.63) is 70.2 Å². The first-order chi connectivity index (χ1) is 9.25. The van der Waals surface area contributed by atoms with Crippen LogP contribution in [0.3, 0.4) is 0 Å². The van der Waals surface area contributed by atoms with E-state index in [2.05, 4.69) is 12.1 Å². The van der Waals surface area contributed by atoms with Gasteiger partial charge in [0.05, 0.1) is 0 Å². The SMILES string of the molecule is OC(c1ccc(Cl)cc1)c1ccccc1C1CCC1. The van der Waals surface area contributed by atoms with E-state index in [9.17, 15) is 5.11 Å². The minimum atomic E-state index is -0.561. The molecule has 1 fully saturated rings. The third kappa shape index (κ3) is 2.54. The van der Waals surface area contributed by atoms with Gasteiger partial charge in [-0.25, -0.2) is 0 Å². The smallest absolute Gasteiger partial charge is 0.104 e. The van der Waals surface area contributed by atoms with Crippen LogP contribution in [0.5, 0.6) is 0 Å². The molecule has 1 aliphatic carbocycles. The number of rotatable bonds is 3. The van der Waals surface area contributed by atoms with Crippen molar-refractivity contribution in [1.29, 1.82) is 0 Å². The largest absolute Gasteiger partial charge is 0.384 e. The molecule has 0 aliphatic heterocycles. The predicted octanol–water partition coefficient (Wildman–Crippen LogP) is 4.69. The molecule has 2 heteroatoms. The molecule has 0 saturated heterocycles. The maximum Gasteiger partial charge on any atom is 0.104 e. The number of aliphatic hydroxyl groups is 1. The summed E-state index contributed by atoms with van der Waals surface area (Å²) in [6, 6.07) is 15.7. The Hall–Kier alpha value is -1.31. The zero-order chi connectivity index (χ0) is 13.2. The zero-order valence-corrected chi connectivity index (χ0v) is 11.5. The molecule has 0 heterocycles. The van der Waals surface area contributed by atoms with E-state index >= 15 is 0 Å². The van der Waals surface area contributed by atoms with Crippen LogP contribution in [0.25, 0.3) is 0 Å². The molecule has 1 N–H and O–H groups in total. The van der Waals surface area contributed by atoms with E-state index in [4.69, 9.17) is 11.6 Å². The lowest BCUT2D eigenvalue weighted by molar-refractivity contribution is 0.217. The molecule has 98 valence electrons. The van der Waals surface area contributed by atoms with Gasteiger partial charge >= 0.3 is 0 Å². The van der Waals surface area contributed by atoms with Gasteiger partial charge < -0.3 is 5.11 Å². The average Bonchev–Trinajstić information content (AvgIpc) is 2.37. The summed E-state index contributed by atoms with van der Waals surface area (Å²) in [6.07, 6.45) is 3.22. The average molecular weight is 273 g/mol. The summed E-state index contributed by atoms with van der Waals surface area (Å²) in [4.78, 5) is 0. The molecular formula is C17H17ClO. The van der Waals surface area contributed by atoms with Gasteiger partial charge in [-0.2, -0.15) is 0 Å². The van der Waals surface area contributed by atoms with Crippen LogP contribution >= 0.6 is 11.6 Å². The topological polar surface area (TPSA) is 20.2 Å². The molecule has 1 saturated carbocycles. The quantitative estimate of drug-likeness (QED) is 0.859. The van der Waals surface area contributed by atoms with Crippen LogP contribution in [0.2, 0.25) is 5.02 Å². The molecule has 2 aromatic carbocycles. The standard InChI is InChI=1S/C17H17ClO/c18-14-10-8-13(9-11-14)17(19)16-7-2-1-6-15(16)12-4-3-5-12/h1-2,6-12,17,19H,3-5H2. The Morgan fingerprint density at radius 1 is 1.00 bits per heavy atom. The molecule has 0 amide bonds. The number of halogens is 1. The van der Waals surface area contributed by atoms with Crippen LogP contribution < -0.4 is 0 Å².